The number of allylic oxidation sites excluding steroid dienone is 1. The number of carbonyl (C=O) groups is 2. The molecule has 6 nitrogen and oxygen atoms in total. The lowest BCUT2D eigenvalue weighted by Gasteiger charge is -2.19. The van der Waals surface area contributed by atoms with E-state index in [1.807, 2.05) is 31.2 Å². The Morgan fingerprint density at radius 3 is 2.70 bits per heavy atom. The number of ether oxygens (including phenoxy) is 1. The van der Waals surface area contributed by atoms with Crippen molar-refractivity contribution in [1.29, 1.82) is 0 Å². The third kappa shape index (κ3) is 5.25. The molecule has 0 spiro atoms. The Bertz CT molecular complexity index is 684. The van der Waals surface area contributed by atoms with Gasteiger partial charge in [0, 0.05) is 25.3 Å². The number of hydrogen-bond donors (Lipinski definition) is 1. The standard InChI is InChI=1S/C21H29N3O3/c1-2-27-19-10-8-18(9-11-19)24-15-14-23(21(24)26)16-20(25)22-13-12-17-6-4-3-5-7-17/h6,8-11H,2-5,7,12-16H2,1H3,(H,22,25). The molecule has 1 aliphatic carbocycles. The highest BCUT2D eigenvalue weighted by Gasteiger charge is 2.30. The molecule has 1 N–H and O–H groups in total. The number of rotatable bonds is 8. The Morgan fingerprint density at radius 2 is 2.00 bits per heavy atom. The van der Waals surface area contributed by atoms with Crippen molar-refractivity contribution in [1.82, 2.24) is 10.2 Å². The summed E-state index contributed by atoms with van der Waals surface area (Å²) in [6, 6.07) is 7.36. The van der Waals surface area contributed by atoms with Gasteiger partial charge in [0.1, 0.15) is 12.3 Å². The van der Waals surface area contributed by atoms with Gasteiger partial charge in [-0.1, -0.05) is 11.6 Å². The lowest BCUT2D eigenvalue weighted by molar-refractivity contribution is -0.121. The highest BCUT2D eigenvalue weighted by Crippen LogP contribution is 2.23. The molecule has 0 aromatic heterocycles. The largest absolute Gasteiger partial charge is 0.494 e. The molecule has 3 amide bonds. The SMILES string of the molecule is CCOc1ccc(N2CCN(CC(=O)NCCC3=CCCCC3)C2=O)cc1. The summed E-state index contributed by atoms with van der Waals surface area (Å²) in [4.78, 5) is 28.1. The predicted octanol–water partition coefficient (Wildman–Crippen LogP) is 3.33. The molecule has 0 bridgehead atoms. The van der Waals surface area contributed by atoms with Crippen molar-refractivity contribution >= 4 is 17.6 Å². The van der Waals surface area contributed by atoms with Gasteiger partial charge in [0.2, 0.25) is 5.91 Å². The summed E-state index contributed by atoms with van der Waals surface area (Å²) in [5.74, 6) is 0.700. The average Bonchev–Trinajstić information content (AvgIpc) is 3.04. The summed E-state index contributed by atoms with van der Waals surface area (Å²) in [5.41, 5.74) is 2.27. The summed E-state index contributed by atoms with van der Waals surface area (Å²) in [7, 11) is 0. The summed E-state index contributed by atoms with van der Waals surface area (Å²) in [6.07, 6.45) is 8.05. The van der Waals surface area contributed by atoms with E-state index < -0.39 is 0 Å². The number of hydrogen-bond acceptors (Lipinski definition) is 3. The van der Waals surface area contributed by atoms with Crippen molar-refractivity contribution in [3.8, 4) is 5.75 Å². The first-order valence-electron chi connectivity index (χ1n) is 9.91. The normalized spacial score (nSPS) is 17.1. The number of carbonyl (C=O) groups excluding carboxylic acids is 2. The second-order valence-electron chi connectivity index (χ2n) is 6.99. The fourth-order valence-electron chi connectivity index (χ4n) is 3.58. The van der Waals surface area contributed by atoms with Crippen molar-refractivity contribution in [3.63, 3.8) is 0 Å². The molecular formula is C21H29N3O3. The van der Waals surface area contributed by atoms with E-state index in [4.69, 9.17) is 4.74 Å². The van der Waals surface area contributed by atoms with E-state index in [9.17, 15) is 9.59 Å². The van der Waals surface area contributed by atoms with Crippen LogP contribution in [0, 0.1) is 0 Å². The number of anilines is 1. The number of nitrogens with zero attached hydrogens (tertiary/aromatic N) is 2. The van der Waals surface area contributed by atoms with Gasteiger partial charge in [0.05, 0.1) is 6.61 Å². The van der Waals surface area contributed by atoms with Crippen molar-refractivity contribution in [2.75, 3.05) is 37.7 Å². The average molecular weight is 371 g/mol. The second kappa shape index (κ2) is 9.44. The molecule has 1 heterocycles. The lowest BCUT2D eigenvalue weighted by Crippen LogP contribution is -2.40. The van der Waals surface area contributed by atoms with Crippen molar-refractivity contribution in [2.24, 2.45) is 0 Å². The van der Waals surface area contributed by atoms with Crippen LogP contribution in [0.3, 0.4) is 0 Å². The fourth-order valence-corrected chi connectivity index (χ4v) is 3.58. The number of nitrogens with one attached hydrogen (secondary N) is 1. The van der Waals surface area contributed by atoms with Crippen LogP contribution in [0.1, 0.15) is 39.0 Å². The Labute approximate surface area is 161 Å². The van der Waals surface area contributed by atoms with Crippen LogP contribution in [-0.2, 0) is 4.79 Å². The highest BCUT2D eigenvalue weighted by atomic mass is 16.5. The van der Waals surface area contributed by atoms with Gasteiger partial charge in [0.25, 0.3) is 0 Å². The Kier molecular flexibility index (Phi) is 6.74. The minimum absolute atomic E-state index is 0.0895. The van der Waals surface area contributed by atoms with Gasteiger partial charge in [-0.2, -0.15) is 0 Å². The van der Waals surface area contributed by atoms with Crippen LogP contribution < -0.4 is 15.0 Å². The molecular weight excluding hydrogens is 342 g/mol. The number of amides is 3. The minimum atomic E-state index is -0.121. The van der Waals surface area contributed by atoms with E-state index in [2.05, 4.69) is 11.4 Å². The molecule has 1 aliphatic heterocycles. The van der Waals surface area contributed by atoms with Crippen LogP contribution in [0.15, 0.2) is 35.9 Å². The Morgan fingerprint density at radius 1 is 1.19 bits per heavy atom. The summed E-state index contributed by atoms with van der Waals surface area (Å²) < 4.78 is 5.43. The molecule has 6 heteroatoms. The third-order valence-corrected chi connectivity index (χ3v) is 5.04. The maximum absolute atomic E-state index is 12.6. The Balaban J connectivity index is 1.45. The highest BCUT2D eigenvalue weighted by molar-refractivity contribution is 5.96. The summed E-state index contributed by atoms with van der Waals surface area (Å²) in [5, 5.41) is 2.94. The van der Waals surface area contributed by atoms with Crippen LogP contribution in [0.2, 0.25) is 0 Å². The summed E-state index contributed by atoms with van der Waals surface area (Å²) >= 11 is 0. The molecule has 0 radical (unpaired) electrons. The zero-order chi connectivity index (χ0) is 19.1. The zero-order valence-electron chi connectivity index (χ0n) is 16.1. The van der Waals surface area contributed by atoms with Crippen LogP contribution in [0.25, 0.3) is 0 Å². The van der Waals surface area contributed by atoms with Crippen LogP contribution in [0.4, 0.5) is 10.5 Å². The first kappa shape index (κ1) is 19.3. The third-order valence-electron chi connectivity index (χ3n) is 5.04. The van der Waals surface area contributed by atoms with E-state index in [-0.39, 0.29) is 18.5 Å². The van der Waals surface area contributed by atoms with Crippen molar-refractivity contribution < 1.29 is 14.3 Å². The predicted molar refractivity (Wildman–Crippen MR) is 106 cm³/mol. The van der Waals surface area contributed by atoms with Crippen molar-refractivity contribution in [2.45, 2.75) is 39.0 Å². The summed E-state index contributed by atoms with van der Waals surface area (Å²) in [6.45, 7) is 4.47. The molecule has 2 aliphatic rings. The maximum atomic E-state index is 12.6. The first-order chi connectivity index (χ1) is 13.2. The maximum Gasteiger partial charge on any atom is 0.325 e. The second-order valence-corrected chi connectivity index (χ2v) is 6.99. The van der Waals surface area contributed by atoms with Gasteiger partial charge >= 0.3 is 6.03 Å². The molecule has 27 heavy (non-hydrogen) atoms. The molecule has 146 valence electrons. The number of urea groups is 1. The van der Waals surface area contributed by atoms with Gasteiger partial charge in [0.15, 0.2) is 0 Å². The molecule has 1 aromatic rings. The Hall–Kier alpha value is -2.50. The van der Waals surface area contributed by atoms with Gasteiger partial charge in [-0.25, -0.2) is 4.79 Å². The lowest BCUT2D eigenvalue weighted by atomic mass is 9.97. The molecule has 1 aromatic carbocycles. The van der Waals surface area contributed by atoms with Crippen LogP contribution in [-0.4, -0.2) is 49.6 Å². The molecule has 1 fully saturated rings. The van der Waals surface area contributed by atoms with E-state index in [0.717, 1.165) is 30.7 Å². The first-order valence-corrected chi connectivity index (χ1v) is 9.91. The molecule has 3 rings (SSSR count). The van der Waals surface area contributed by atoms with E-state index >= 15 is 0 Å². The molecule has 0 saturated carbocycles. The number of benzene rings is 1. The van der Waals surface area contributed by atoms with Gasteiger partial charge < -0.3 is 15.0 Å². The van der Waals surface area contributed by atoms with Gasteiger partial charge in [-0.05, 0) is 63.3 Å². The van der Waals surface area contributed by atoms with Gasteiger partial charge in [-0.15, -0.1) is 0 Å². The molecule has 0 atom stereocenters. The quantitative estimate of drug-likeness (QED) is 0.713. The van der Waals surface area contributed by atoms with E-state index in [1.165, 1.54) is 18.4 Å². The topological polar surface area (TPSA) is 61.9 Å². The zero-order valence-corrected chi connectivity index (χ0v) is 16.1. The van der Waals surface area contributed by atoms with Gasteiger partial charge in [-0.3, -0.25) is 9.69 Å². The van der Waals surface area contributed by atoms with Crippen LogP contribution >= 0.6 is 0 Å². The van der Waals surface area contributed by atoms with Crippen LogP contribution in [0.5, 0.6) is 5.75 Å². The molecule has 1 saturated heterocycles. The minimum Gasteiger partial charge on any atom is -0.494 e. The smallest absolute Gasteiger partial charge is 0.325 e. The van der Waals surface area contributed by atoms with E-state index in [1.54, 1.807) is 9.80 Å². The van der Waals surface area contributed by atoms with E-state index in [0.29, 0.717) is 26.2 Å². The fraction of sp³-hybridized carbons (Fsp3) is 0.524. The monoisotopic (exact) mass is 371 g/mol. The van der Waals surface area contributed by atoms with Crippen molar-refractivity contribution in [3.05, 3.63) is 35.9 Å². The molecule has 0 unspecified atom stereocenters.